The summed E-state index contributed by atoms with van der Waals surface area (Å²) >= 11 is 4.94. The lowest BCUT2D eigenvalue weighted by Gasteiger charge is -2.06. The number of aryl methyl sites for hydroxylation is 1. The SMILES string of the molecule is CNC(=S)NCc1cccc(C)n1. The molecule has 0 saturated heterocycles. The molecule has 13 heavy (non-hydrogen) atoms. The van der Waals surface area contributed by atoms with Gasteiger partial charge in [-0.2, -0.15) is 0 Å². The van der Waals surface area contributed by atoms with E-state index in [1.807, 2.05) is 25.1 Å². The van der Waals surface area contributed by atoms with Crippen LogP contribution in [0.2, 0.25) is 0 Å². The minimum Gasteiger partial charge on any atom is -0.366 e. The first-order valence-corrected chi connectivity index (χ1v) is 4.51. The van der Waals surface area contributed by atoms with Crippen LogP contribution in [0.5, 0.6) is 0 Å². The zero-order valence-electron chi connectivity index (χ0n) is 7.79. The van der Waals surface area contributed by atoms with Gasteiger partial charge in [-0.15, -0.1) is 0 Å². The number of aromatic nitrogens is 1. The van der Waals surface area contributed by atoms with E-state index in [0.717, 1.165) is 11.4 Å². The predicted molar refractivity (Wildman–Crippen MR) is 57.5 cm³/mol. The summed E-state index contributed by atoms with van der Waals surface area (Å²) in [6.07, 6.45) is 0. The average molecular weight is 195 g/mol. The Labute approximate surface area is 83.6 Å². The Balaban J connectivity index is 2.50. The summed E-state index contributed by atoms with van der Waals surface area (Å²) in [6, 6.07) is 5.93. The third-order valence-electron chi connectivity index (χ3n) is 1.60. The fraction of sp³-hybridized carbons (Fsp3) is 0.333. The molecule has 70 valence electrons. The molecule has 1 aromatic rings. The van der Waals surface area contributed by atoms with Crippen LogP contribution in [0.15, 0.2) is 18.2 Å². The Morgan fingerprint density at radius 1 is 1.54 bits per heavy atom. The van der Waals surface area contributed by atoms with Crippen LogP contribution >= 0.6 is 12.2 Å². The molecule has 0 aromatic carbocycles. The molecular formula is C9H13N3S. The monoisotopic (exact) mass is 195 g/mol. The molecule has 0 aliphatic rings. The lowest BCUT2D eigenvalue weighted by atomic mass is 10.3. The maximum absolute atomic E-state index is 4.94. The fourth-order valence-corrected chi connectivity index (χ4v) is 1.03. The smallest absolute Gasteiger partial charge is 0.166 e. The van der Waals surface area contributed by atoms with Crippen LogP contribution < -0.4 is 10.6 Å². The molecule has 0 aliphatic heterocycles. The first-order chi connectivity index (χ1) is 6.22. The highest BCUT2D eigenvalue weighted by molar-refractivity contribution is 7.80. The summed E-state index contributed by atoms with van der Waals surface area (Å²) < 4.78 is 0. The molecule has 0 spiro atoms. The van der Waals surface area contributed by atoms with E-state index in [1.54, 1.807) is 7.05 Å². The highest BCUT2D eigenvalue weighted by atomic mass is 32.1. The minimum absolute atomic E-state index is 0.642. The van der Waals surface area contributed by atoms with Crippen molar-refractivity contribution in [3.05, 3.63) is 29.6 Å². The van der Waals surface area contributed by atoms with Crippen molar-refractivity contribution in [2.24, 2.45) is 0 Å². The zero-order valence-corrected chi connectivity index (χ0v) is 8.61. The Bertz CT molecular complexity index is 299. The number of rotatable bonds is 2. The van der Waals surface area contributed by atoms with Crippen molar-refractivity contribution in [3.63, 3.8) is 0 Å². The molecule has 2 N–H and O–H groups in total. The standard InChI is InChI=1S/C9H13N3S/c1-7-4-3-5-8(12-7)6-11-9(13)10-2/h3-5H,6H2,1-2H3,(H2,10,11,13). The van der Waals surface area contributed by atoms with Gasteiger partial charge in [0.05, 0.1) is 12.2 Å². The number of pyridine rings is 1. The summed E-state index contributed by atoms with van der Waals surface area (Å²) in [4.78, 5) is 4.33. The van der Waals surface area contributed by atoms with E-state index in [2.05, 4.69) is 15.6 Å². The number of nitrogens with one attached hydrogen (secondary N) is 2. The summed E-state index contributed by atoms with van der Waals surface area (Å²) in [5.74, 6) is 0. The van der Waals surface area contributed by atoms with Crippen molar-refractivity contribution in [1.29, 1.82) is 0 Å². The lowest BCUT2D eigenvalue weighted by Crippen LogP contribution is -2.32. The number of hydrogen-bond donors (Lipinski definition) is 2. The van der Waals surface area contributed by atoms with Crippen LogP contribution in [0.4, 0.5) is 0 Å². The van der Waals surface area contributed by atoms with Crippen LogP contribution in [0, 0.1) is 6.92 Å². The molecule has 3 nitrogen and oxygen atoms in total. The van der Waals surface area contributed by atoms with Crippen molar-refractivity contribution in [2.75, 3.05) is 7.05 Å². The van der Waals surface area contributed by atoms with Crippen molar-refractivity contribution >= 4 is 17.3 Å². The van der Waals surface area contributed by atoms with Gasteiger partial charge < -0.3 is 10.6 Å². The highest BCUT2D eigenvalue weighted by Gasteiger charge is 1.95. The van der Waals surface area contributed by atoms with Crippen molar-refractivity contribution < 1.29 is 0 Å². The molecular weight excluding hydrogens is 182 g/mol. The molecule has 0 aliphatic carbocycles. The molecule has 0 bridgehead atoms. The largest absolute Gasteiger partial charge is 0.366 e. The Kier molecular flexibility index (Phi) is 3.64. The molecule has 1 aromatic heterocycles. The number of nitrogens with zero attached hydrogens (tertiary/aromatic N) is 1. The molecule has 0 saturated carbocycles. The summed E-state index contributed by atoms with van der Waals surface area (Å²) in [7, 11) is 1.79. The average Bonchev–Trinajstić information content (AvgIpc) is 2.14. The number of thiocarbonyl (C=S) groups is 1. The topological polar surface area (TPSA) is 37.0 Å². The molecule has 1 heterocycles. The summed E-state index contributed by atoms with van der Waals surface area (Å²) in [5.41, 5.74) is 2.02. The highest BCUT2D eigenvalue weighted by Crippen LogP contribution is 1.96. The van der Waals surface area contributed by atoms with Crippen LogP contribution in [0.1, 0.15) is 11.4 Å². The second-order valence-electron chi connectivity index (χ2n) is 2.70. The van der Waals surface area contributed by atoms with Crippen LogP contribution in [0.25, 0.3) is 0 Å². The van der Waals surface area contributed by atoms with Crippen LogP contribution in [-0.4, -0.2) is 17.1 Å². The van der Waals surface area contributed by atoms with E-state index >= 15 is 0 Å². The van der Waals surface area contributed by atoms with Gasteiger partial charge in [0.2, 0.25) is 0 Å². The second kappa shape index (κ2) is 4.77. The van der Waals surface area contributed by atoms with Gasteiger partial charge in [0.25, 0.3) is 0 Å². The maximum atomic E-state index is 4.94. The quantitative estimate of drug-likeness (QED) is 0.690. The van der Waals surface area contributed by atoms with Gasteiger partial charge >= 0.3 is 0 Å². The van der Waals surface area contributed by atoms with Crippen molar-refractivity contribution in [1.82, 2.24) is 15.6 Å². The van der Waals surface area contributed by atoms with Gasteiger partial charge in [0.1, 0.15) is 0 Å². The number of hydrogen-bond acceptors (Lipinski definition) is 2. The Morgan fingerprint density at radius 2 is 2.31 bits per heavy atom. The lowest BCUT2D eigenvalue weighted by molar-refractivity contribution is 0.850. The third kappa shape index (κ3) is 3.38. The van der Waals surface area contributed by atoms with E-state index in [-0.39, 0.29) is 0 Å². The fourth-order valence-electron chi connectivity index (χ4n) is 0.957. The minimum atomic E-state index is 0.642. The van der Waals surface area contributed by atoms with E-state index in [4.69, 9.17) is 12.2 Å². The van der Waals surface area contributed by atoms with Crippen LogP contribution in [0.3, 0.4) is 0 Å². The molecule has 0 fully saturated rings. The molecule has 0 amide bonds. The van der Waals surface area contributed by atoms with Crippen molar-refractivity contribution in [2.45, 2.75) is 13.5 Å². The molecule has 4 heteroatoms. The first-order valence-electron chi connectivity index (χ1n) is 4.10. The van der Waals surface area contributed by atoms with Crippen molar-refractivity contribution in [3.8, 4) is 0 Å². The van der Waals surface area contributed by atoms with Gasteiger partial charge in [-0.3, -0.25) is 4.98 Å². The van der Waals surface area contributed by atoms with Gasteiger partial charge in [-0.25, -0.2) is 0 Å². The molecule has 1 rings (SSSR count). The Morgan fingerprint density at radius 3 is 2.92 bits per heavy atom. The second-order valence-corrected chi connectivity index (χ2v) is 3.11. The molecule has 0 atom stereocenters. The third-order valence-corrected chi connectivity index (χ3v) is 1.95. The van der Waals surface area contributed by atoms with Gasteiger partial charge in [0.15, 0.2) is 5.11 Å². The van der Waals surface area contributed by atoms with E-state index in [1.165, 1.54) is 0 Å². The molecule has 0 radical (unpaired) electrons. The summed E-state index contributed by atoms with van der Waals surface area (Å²) in [6.45, 7) is 2.64. The van der Waals surface area contributed by atoms with E-state index in [9.17, 15) is 0 Å². The van der Waals surface area contributed by atoms with Gasteiger partial charge in [-0.1, -0.05) is 6.07 Å². The zero-order chi connectivity index (χ0) is 9.68. The van der Waals surface area contributed by atoms with Crippen LogP contribution in [-0.2, 0) is 6.54 Å². The van der Waals surface area contributed by atoms with E-state index < -0.39 is 0 Å². The Hall–Kier alpha value is -1.16. The van der Waals surface area contributed by atoms with E-state index in [0.29, 0.717) is 11.7 Å². The first kappa shape index (κ1) is 9.92. The normalized spacial score (nSPS) is 9.38. The molecule has 0 unspecified atom stereocenters. The maximum Gasteiger partial charge on any atom is 0.166 e. The summed E-state index contributed by atoms with van der Waals surface area (Å²) in [5, 5.41) is 6.52. The van der Waals surface area contributed by atoms with Gasteiger partial charge in [0, 0.05) is 12.7 Å². The predicted octanol–water partition coefficient (Wildman–Crippen LogP) is 0.984. The van der Waals surface area contributed by atoms with Gasteiger partial charge in [-0.05, 0) is 31.3 Å².